The highest BCUT2D eigenvalue weighted by molar-refractivity contribution is 14.0. The van der Waals surface area contributed by atoms with Gasteiger partial charge in [-0.15, -0.1) is 34.2 Å². The third-order valence-electron chi connectivity index (χ3n) is 2.92. The van der Waals surface area contributed by atoms with Crippen molar-refractivity contribution >= 4 is 41.3 Å². The van der Waals surface area contributed by atoms with Gasteiger partial charge in [0.05, 0.1) is 0 Å². The summed E-state index contributed by atoms with van der Waals surface area (Å²) in [6.45, 7) is 4.48. The van der Waals surface area contributed by atoms with Gasteiger partial charge in [-0.05, 0) is 22.4 Å². The van der Waals surface area contributed by atoms with E-state index < -0.39 is 0 Å². The molecular weight excluding hydrogens is 399 g/mol. The van der Waals surface area contributed by atoms with Gasteiger partial charge in [-0.2, -0.15) is 11.3 Å². The zero-order valence-corrected chi connectivity index (χ0v) is 15.4. The average Bonchev–Trinajstić information content (AvgIpc) is 3.13. The predicted molar refractivity (Wildman–Crippen MR) is 97.3 cm³/mol. The molecule has 2 aromatic rings. The molecule has 0 saturated carbocycles. The minimum absolute atomic E-state index is 0. The first kappa shape index (κ1) is 17.9. The summed E-state index contributed by atoms with van der Waals surface area (Å²) in [6, 6.07) is 2.11. The van der Waals surface area contributed by atoms with Gasteiger partial charge in [0.25, 0.3) is 0 Å². The van der Waals surface area contributed by atoms with Crippen molar-refractivity contribution in [2.75, 3.05) is 13.6 Å². The van der Waals surface area contributed by atoms with Crippen molar-refractivity contribution in [3.8, 4) is 0 Å². The highest BCUT2D eigenvalue weighted by Gasteiger charge is 2.02. The minimum atomic E-state index is 0. The third kappa shape index (κ3) is 5.62. The SMILES string of the molecule is CCc1nncn1CCNC(=NC)NCc1ccsc1.I. The second-order valence-electron chi connectivity index (χ2n) is 4.28. The molecule has 2 rings (SSSR count). The number of rotatable bonds is 6. The fourth-order valence-corrected chi connectivity index (χ4v) is 2.50. The topological polar surface area (TPSA) is 67.1 Å². The van der Waals surface area contributed by atoms with Gasteiger partial charge < -0.3 is 15.2 Å². The van der Waals surface area contributed by atoms with Gasteiger partial charge >= 0.3 is 0 Å². The van der Waals surface area contributed by atoms with Crippen LogP contribution in [0.3, 0.4) is 0 Å². The van der Waals surface area contributed by atoms with Crippen LogP contribution in [-0.2, 0) is 19.5 Å². The van der Waals surface area contributed by atoms with E-state index in [9.17, 15) is 0 Å². The van der Waals surface area contributed by atoms with E-state index in [4.69, 9.17) is 0 Å². The molecule has 0 aliphatic carbocycles. The summed E-state index contributed by atoms with van der Waals surface area (Å²) < 4.78 is 2.05. The van der Waals surface area contributed by atoms with Crippen LogP contribution in [0.15, 0.2) is 28.1 Å². The Hall–Kier alpha value is -1.16. The summed E-state index contributed by atoms with van der Waals surface area (Å²) in [5.41, 5.74) is 1.27. The minimum Gasteiger partial charge on any atom is -0.355 e. The number of hydrogen-bond donors (Lipinski definition) is 2. The molecule has 0 bridgehead atoms. The summed E-state index contributed by atoms with van der Waals surface area (Å²) in [5, 5.41) is 18.8. The summed E-state index contributed by atoms with van der Waals surface area (Å²) in [6.07, 6.45) is 2.66. The van der Waals surface area contributed by atoms with Crippen LogP contribution in [0.2, 0.25) is 0 Å². The first-order valence-electron chi connectivity index (χ1n) is 6.65. The molecule has 0 aliphatic heterocycles. The molecule has 8 heteroatoms. The van der Waals surface area contributed by atoms with Crippen molar-refractivity contribution in [1.29, 1.82) is 0 Å². The molecule has 0 amide bonds. The van der Waals surface area contributed by atoms with Crippen molar-refractivity contribution in [2.45, 2.75) is 26.4 Å². The number of aromatic nitrogens is 3. The van der Waals surface area contributed by atoms with Gasteiger partial charge in [0, 0.05) is 33.1 Å². The molecule has 0 saturated heterocycles. The van der Waals surface area contributed by atoms with E-state index >= 15 is 0 Å². The van der Waals surface area contributed by atoms with Crippen molar-refractivity contribution in [3.05, 3.63) is 34.5 Å². The largest absolute Gasteiger partial charge is 0.355 e. The maximum atomic E-state index is 4.21. The van der Waals surface area contributed by atoms with E-state index in [1.807, 2.05) is 0 Å². The predicted octanol–water partition coefficient (Wildman–Crippen LogP) is 1.89. The number of hydrogen-bond acceptors (Lipinski definition) is 4. The van der Waals surface area contributed by atoms with E-state index in [-0.39, 0.29) is 24.0 Å². The standard InChI is InChI=1S/C13H20N6S.HI/c1-3-12-18-17-10-19(12)6-5-15-13(14-2)16-8-11-4-7-20-9-11;/h4,7,9-10H,3,5-6,8H2,1-2H3,(H2,14,15,16);1H. The third-order valence-corrected chi connectivity index (χ3v) is 3.65. The number of aliphatic imine (C=N–C) groups is 1. The number of halogens is 1. The normalized spacial score (nSPS) is 11.0. The van der Waals surface area contributed by atoms with Gasteiger partial charge in [0.2, 0.25) is 0 Å². The van der Waals surface area contributed by atoms with Crippen LogP contribution in [0.1, 0.15) is 18.3 Å². The monoisotopic (exact) mass is 420 g/mol. The first-order valence-corrected chi connectivity index (χ1v) is 7.60. The molecule has 0 aliphatic rings. The molecule has 2 aromatic heterocycles. The van der Waals surface area contributed by atoms with Gasteiger partial charge in [0.1, 0.15) is 12.2 Å². The van der Waals surface area contributed by atoms with E-state index in [2.05, 4.69) is 54.1 Å². The van der Waals surface area contributed by atoms with Crippen molar-refractivity contribution in [3.63, 3.8) is 0 Å². The van der Waals surface area contributed by atoms with Gasteiger partial charge in [0.15, 0.2) is 5.96 Å². The molecule has 2 N–H and O–H groups in total. The smallest absolute Gasteiger partial charge is 0.191 e. The molecule has 116 valence electrons. The molecule has 0 spiro atoms. The Morgan fingerprint density at radius 2 is 2.29 bits per heavy atom. The van der Waals surface area contributed by atoms with Gasteiger partial charge in [-0.1, -0.05) is 6.92 Å². The summed E-state index contributed by atoms with van der Waals surface area (Å²) in [7, 11) is 1.78. The Morgan fingerprint density at radius 3 is 2.95 bits per heavy atom. The number of nitrogens with one attached hydrogen (secondary N) is 2. The molecule has 0 unspecified atom stereocenters. The zero-order valence-electron chi connectivity index (χ0n) is 12.2. The number of aryl methyl sites for hydroxylation is 1. The van der Waals surface area contributed by atoms with E-state index in [1.165, 1.54) is 5.56 Å². The van der Waals surface area contributed by atoms with Crippen LogP contribution in [0, 0.1) is 0 Å². The van der Waals surface area contributed by atoms with Gasteiger partial charge in [-0.25, -0.2) is 0 Å². The maximum Gasteiger partial charge on any atom is 0.191 e. The second-order valence-corrected chi connectivity index (χ2v) is 5.06. The molecule has 6 nitrogen and oxygen atoms in total. The quantitative estimate of drug-likeness (QED) is 0.426. The highest BCUT2D eigenvalue weighted by Crippen LogP contribution is 2.04. The molecule has 0 aromatic carbocycles. The molecule has 0 fully saturated rings. The summed E-state index contributed by atoms with van der Waals surface area (Å²) in [5.74, 6) is 1.82. The van der Waals surface area contributed by atoms with Crippen LogP contribution in [0.4, 0.5) is 0 Å². The number of nitrogens with zero attached hydrogens (tertiary/aromatic N) is 4. The Balaban J connectivity index is 0.00000220. The Morgan fingerprint density at radius 1 is 1.43 bits per heavy atom. The first-order chi connectivity index (χ1) is 9.83. The molecular formula is C13H21IN6S. The average molecular weight is 420 g/mol. The summed E-state index contributed by atoms with van der Waals surface area (Å²) >= 11 is 1.70. The van der Waals surface area contributed by atoms with Crippen molar-refractivity contribution in [1.82, 2.24) is 25.4 Å². The zero-order chi connectivity index (χ0) is 14.2. The lowest BCUT2D eigenvalue weighted by atomic mass is 10.3. The van der Waals surface area contributed by atoms with Crippen LogP contribution in [0.25, 0.3) is 0 Å². The number of guanidine groups is 1. The van der Waals surface area contributed by atoms with Gasteiger partial charge in [-0.3, -0.25) is 4.99 Å². The fourth-order valence-electron chi connectivity index (χ4n) is 1.83. The van der Waals surface area contributed by atoms with Crippen LogP contribution >= 0.6 is 35.3 Å². The molecule has 0 radical (unpaired) electrons. The van der Waals surface area contributed by atoms with Crippen LogP contribution in [-0.4, -0.2) is 34.3 Å². The Bertz CT molecular complexity index is 537. The van der Waals surface area contributed by atoms with Crippen molar-refractivity contribution < 1.29 is 0 Å². The van der Waals surface area contributed by atoms with E-state index in [0.29, 0.717) is 0 Å². The van der Waals surface area contributed by atoms with Crippen LogP contribution < -0.4 is 10.6 Å². The lowest BCUT2D eigenvalue weighted by Gasteiger charge is -2.12. The molecule has 21 heavy (non-hydrogen) atoms. The Kier molecular flexibility index (Phi) is 8.28. The maximum absolute atomic E-state index is 4.21. The highest BCUT2D eigenvalue weighted by atomic mass is 127. The lowest BCUT2D eigenvalue weighted by Crippen LogP contribution is -2.38. The molecule has 0 atom stereocenters. The van der Waals surface area contributed by atoms with Crippen molar-refractivity contribution in [2.24, 2.45) is 4.99 Å². The lowest BCUT2D eigenvalue weighted by molar-refractivity contribution is 0.632. The fraction of sp³-hybridized carbons (Fsp3) is 0.462. The summed E-state index contributed by atoms with van der Waals surface area (Å²) in [4.78, 5) is 4.21. The van der Waals surface area contributed by atoms with E-state index in [1.54, 1.807) is 24.7 Å². The molecule has 2 heterocycles. The number of thiophene rings is 1. The second kappa shape index (κ2) is 9.72. The van der Waals surface area contributed by atoms with Crippen LogP contribution in [0.5, 0.6) is 0 Å². The Labute approximate surface area is 146 Å². The van der Waals surface area contributed by atoms with E-state index in [0.717, 1.165) is 37.8 Å².